The smallest absolute Gasteiger partial charge is 0.224 e. The highest BCUT2D eigenvalue weighted by molar-refractivity contribution is 5.76. The number of fused-ring (bicyclic) bond motifs is 1. The third-order valence-corrected chi connectivity index (χ3v) is 6.09. The second-order valence-electron chi connectivity index (χ2n) is 9.42. The predicted molar refractivity (Wildman–Crippen MR) is 128 cm³/mol. The molecule has 0 amide bonds. The highest BCUT2D eigenvalue weighted by atomic mass is 19.1. The van der Waals surface area contributed by atoms with E-state index in [0.717, 1.165) is 31.7 Å². The van der Waals surface area contributed by atoms with Crippen LogP contribution >= 0.6 is 0 Å². The summed E-state index contributed by atoms with van der Waals surface area (Å²) in [6, 6.07) is 3.64. The Labute approximate surface area is 193 Å². The predicted octanol–water partition coefficient (Wildman–Crippen LogP) is 5.81. The number of benzene rings is 1. The number of rotatable bonds is 6. The summed E-state index contributed by atoms with van der Waals surface area (Å²) in [7, 11) is 0. The van der Waals surface area contributed by atoms with Crippen LogP contribution in [0.15, 0.2) is 24.4 Å². The highest BCUT2D eigenvalue weighted by Gasteiger charge is 2.33. The van der Waals surface area contributed by atoms with Crippen molar-refractivity contribution in [3.8, 4) is 0 Å². The van der Waals surface area contributed by atoms with Gasteiger partial charge in [-0.3, -0.25) is 4.57 Å². The van der Waals surface area contributed by atoms with E-state index in [9.17, 15) is 13.9 Å². The molecule has 1 fully saturated rings. The summed E-state index contributed by atoms with van der Waals surface area (Å²) in [5, 5.41) is 16.7. The lowest BCUT2D eigenvalue weighted by molar-refractivity contribution is -0.00457. The Balaban J connectivity index is 0.00000306. The van der Waals surface area contributed by atoms with Crippen molar-refractivity contribution in [3.05, 3.63) is 36.0 Å². The largest absolute Gasteiger partial charge is 0.390 e. The summed E-state index contributed by atoms with van der Waals surface area (Å²) in [4.78, 5) is 13.7. The first-order valence-corrected chi connectivity index (χ1v) is 11.1. The van der Waals surface area contributed by atoms with Crippen molar-refractivity contribution in [2.45, 2.75) is 78.5 Å². The van der Waals surface area contributed by atoms with Crippen molar-refractivity contribution < 1.29 is 13.9 Å². The molecule has 1 aliphatic carbocycles. The molecule has 1 aromatic carbocycles. The van der Waals surface area contributed by atoms with E-state index in [1.807, 2.05) is 32.3 Å². The maximum absolute atomic E-state index is 14.4. The number of aliphatic hydroxyl groups is 1. The fraction of sp³-hybridized carbons (Fsp3) is 0.542. The number of halogens is 2. The minimum absolute atomic E-state index is 0. The zero-order valence-electron chi connectivity index (χ0n) is 18.9. The molecule has 0 unspecified atom stereocenters. The molecule has 2 heterocycles. The lowest BCUT2D eigenvalue weighted by Gasteiger charge is -2.36. The van der Waals surface area contributed by atoms with Crippen LogP contribution in [-0.2, 0) is 0 Å². The monoisotopic (exact) mass is 460 g/mol. The SMILES string of the molecule is C.CC(C)Nc1ncc2nc(Nc3ccc(F)cc3F)n(C3CCC(C(C)(C)O)CC3)c2n1. The standard InChI is InChI=1S/C23H30F2N6O.CH4/c1-13(2)27-21-26-12-19-20(30-21)31(16-8-5-14(6-9-16)23(3,4)32)22(29-19)28-18-10-7-15(24)11-17(18)25;/h7,10-14,16,32H,5-6,8-9H2,1-4H3,(H,28,29)(H,26,27,30);1H4. The Morgan fingerprint density at radius 3 is 2.42 bits per heavy atom. The molecule has 3 N–H and O–H groups in total. The highest BCUT2D eigenvalue weighted by Crippen LogP contribution is 2.40. The first-order valence-electron chi connectivity index (χ1n) is 11.1. The maximum atomic E-state index is 14.4. The first kappa shape index (κ1) is 24.8. The van der Waals surface area contributed by atoms with Crippen LogP contribution in [0.3, 0.4) is 0 Å². The number of anilines is 3. The molecule has 0 bridgehead atoms. The molecule has 0 radical (unpaired) electrons. The number of imidazole rings is 1. The van der Waals surface area contributed by atoms with Gasteiger partial charge >= 0.3 is 0 Å². The lowest BCUT2D eigenvalue weighted by atomic mass is 9.77. The van der Waals surface area contributed by atoms with Crippen molar-refractivity contribution in [1.29, 1.82) is 0 Å². The Morgan fingerprint density at radius 1 is 1.12 bits per heavy atom. The number of nitrogens with zero attached hydrogens (tertiary/aromatic N) is 4. The summed E-state index contributed by atoms with van der Waals surface area (Å²) < 4.78 is 29.7. The van der Waals surface area contributed by atoms with Gasteiger partial charge < -0.3 is 15.7 Å². The summed E-state index contributed by atoms with van der Waals surface area (Å²) in [6.45, 7) is 7.72. The zero-order chi connectivity index (χ0) is 23.0. The van der Waals surface area contributed by atoms with Crippen molar-refractivity contribution >= 4 is 28.7 Å². The van der Waals surface area contributed by atoms with E-state index in [1.165, 1.54) is 12.1 Å². The van der Waals surface area contributed by atoms with Gasteiger partial charge in [0.05, 0.1) is 17.5 Å². The lowest BCUT2D eigenvalue weighted by Crippen LogP contribution is -2.34. The number of hydrogen-bond acceptors (Lipinski definition) is 6. The van der Waals surface area contributed by atoms with E-state index < -0.39 is 17.2 Å². The average molecular weight is 461 g/mol. The van der Waals surface area contributed by atoms with Gasteiger partial charge in [-0.05, 0) is 71.4 Å². The molecule has 0 atom stereocenters. The molecule has 180 valence electrons. The topological polar surface area (TPSA) is 87.9 Å². The van der Waals surface area contributed by atoms with E-state index in [1.54, 1.807) is 6.20 Å². The van der Waals surface area contributed by atoms with Crippen LogP contribution in [0, 0.1) is 17.6 Å². The van der Waals surface area contributed by atoms with Crippen LogP contribution in [-0.4, -0.2) is 36.3 Å². The molecule has 0 aliphatic heterocycles. The Morgan fingerprint density at radius 2 is 1.82 bits per heavy atom. The van der Waals surface area contributed by atoms with Crippen molar-refractivity contribution in [2.75, 3.05) is 10.6 Å². The maximum Gasteiger partial charge on any atom is 0.224 e. The molecule has 0 saturated heterocycles. The molecular weight excluding hydrogens is 426 g/mol. The van der Waals surface area contributed by atoms with Crippen LogP contribution in [0.5, 0.6) is 0 Å². The van der Waals surface area contributed by atoms with E-state index in [0.29, 0.717) is 23.1 Å². The molecular formula is C24H34F2N6O. The molecule has 33 heavy (non-hydrogen) atoms. The van der Waals surface area contributed by atoms with Gasteiger partial charge in [0.1, 0.15) is 17.2 Å². The van der Waals surface area contributed by atoms with Crippen molar-refractivity contribution in [2.24, 2.45) is 5.92 Å². The van der Waals surface area contributed by atoms with Crippen LogP contribution in [0.2, 0.25) is 0 Å². The Hall–Kier alpha value is -2.81. The zero-order valence-corrected chi connectivity index (χ0v) is 18.9. The molecule has 0 spiro atoms. The minimum atomic E-state index is -0.725. The van der Waals surface area contributed by atoms with Gasteiger partial charge in [-0.15, -0.1) is 0 Å². The first-order chi connectivity index (χ1) is 15.1. The molecule has 1 aliphatic rings. The van der Waals surface area contributed by atoms with Crippen LogP contribution in [0.4, 0.5) is 26.4 Å². The number of aromatic nitrogens is 4. The fourth-order valence-corrected chi connectivity index (χ4v) is 4.40. The van der Waals surface area contributed by atoms with E-state index in [2.05, 4.69) is 20.6 Å². The van der Waals surface area contributed by atoms with Gasteiger partial charge in [0.15, 0.2) is 5.65 Å². The van der Waals surface area contributed by atoms with E-state index >= 15 is 0 Å². The molecule has 2 aromatic heterocycles. The number of hydrogen-bond donors (Lipinski definition) is 3. The third kappa shape index (κ3) is 5.40. The fourth-order valence-electron chi connectivity index (χ4n) is 4.40. The minimum Gasteiger partial charge on any atom is -0.390 e. The van der Waals surface area contributed by atoms with Gasteiger partial charge in [0, 0.05) is 18.2 Å². The number of nitrogens with one attached hydrogen (secondary N) is 2. The molecule has 7 nitrogen and oxygen atoms in total. The van der Waals surface area contributed by atoms with Gasteiger partial charge in [-0.2, -0.15) is 4.98 Å². The molecule has 9 heteroatoms. The summed E-state index contributed by atoms with van der Waals surface area (Å²) in [5.41, 5.74) is 0.659. The van der Waals surface area contributed by atoms with Crippen molar-refractivity contribution in [1.82, 2.24) is 19.5 Å². The van der Waals surface area contributed by atoms with E-state index in [4.69, 9.17) is 4.98 Å². The summed E-state index contributed by atoms with van der Waals surface area (Å²) >= 11 is 0. The van der Waals surface area contributed by atoms with Gasteiger partial charge in [-0.1, -0.05) is 7.43 Å². The molecule has 3 aromatic rings. The summed E-state index contributed by atoms with van der Waals surface area (Å²) in [5.74, 6) is -0.178. The second-order valence-corrected chi connectivity index (χ2v) is 9.42. The van der Waals surface area contributed by atoms with E-state index in [-0.39, 0.29) is 31.1 Å². The molecule has 4 rings (SSSR count). The van der Waals surface area contributed by atoms with Gasteiger partial charge in [-0.25, -0.2) is 18.7 Å². The van der Waals surface area contributed by atoms with Crippen LogP contribution < -0.4 is 10.6 Å². The normalized spacial score (nSPS) is 18.9. The molecule has 1 saturated carbocycles. The quantitative estimate of drug-likeness (QED) is 0.430. The summed E-state index contributed by atoms with van der Waals surface area (Å²) in [6.07, 6.45) is 5.04. The average Bonchev–Trinajstić information content (AvgIpc) is 3.06. The Bertz CT molecular complexity index is 1100. The van der Waals surface area contributed by atoms with Crippen LogP contribution in [0.1, 0.15) is 66.8 Å². The van der Waals surface area contributed by atoms with Gasteiger partial charge in [0.2, 0.25) is 11.9 Å². The van der Waals surface area contributed by atoms with Crippen molar-refractivity contribution in [3.63, 3.8) is 0 Å². The van der Waals surface area contributed by atoms with Gasteiger partial charge in [0.25, 0.3) is 0 Å². The third-order valence-electron chi connectivity index (χ3n) is 6.09. The Kier molecular flexibility index (Phi) is 7.21. The van der Waals surface area contributed by atoms with Crippen LogP contribution in [0.25, 0.3) is 11.2 Å². The second kappa shape index (κ2) is 9.59.